The fraction of sp³-hybridized carbons (Fsp3) is 0.471. The van der Waals surface area contributed by atoms with Crippen LogP contribution in [0.4, 0.5) is 16.5 Å². The minimum atomic E-state index is -4.02. The maximum atomic E-state index is 13.0. The quantitative estimate of drug-likeness (QED) is 0.218. The Morgan fingerprint density at radius 3 is 2.65 bits per heavy atom. The van der Waals surface area contributed by atoms with Crippen molar-refractivity contribution in [1.82, 2.24) is 10.2 Å². The molecular formula is C17H23N5O6S3. The van der Waals surface area contributed by atoms with Gasteiger partial charge in [-0.1, -0.05) is 36.9 Å². The topological polar surface area (TPSA) is 145 Å². The van der Waals surface area contributed by atoms with Crippen LogP contribution < -0.4 is 14.4 Å². The van der Waals surface area contributed by atoms with E-state index < -0.39 is 26.9 Å². The van der Waals surface area contributed by atoms with Crippen molar-refractivity contribution in [2.75, 3.05) is 28.7 Å². The van der Waals surface area contributed by atoms with Gasteiger partial charge in [-0.15, -0.1) is 10.2 Å². The first-order valence-electron chi connectivity index (χ1n) is 9.21. The number of anilines is 2. The van der Waals surface area contributed by atoms with E-state index in [1.54, 1.807) is 6.92 Å². The fourth-order valence-corrected chi connectivity index (χ4v) is 5.58. The van der Waals surface area contributed by atoms with Gasteiger partial charge >= 0.3 is 0 Å². The van der Waals surface area contributed by atoms with Crippen LogP contribution in [0.15, 0.2) is 22.5 Å². The van der Waals surface area contributed by atoms with Gasteiger partial charge < -0.3 is 4.74 Å². The number of methoxy groups -OCH3 is 1. The Labute approximate surface area is 188 Å². The highest BCUT2D eigenvalue weighted by Crippen LogP contribution is 2.36. The van der Waals surface area contributed by atoms with Crippen LogP contribution in [0.1, 0.15) is 26.7 Å². The maximum Gasteiger partial charge on any atom is 0.271 e. The van der Waals surface area contributed by atoms with E-state index >= 15 is 0 Å². The zero-order chi connectivity index (χ0) is 23.2. The molecule has 0 fully saturated rings. The first kappa shape index (κ1) is 24.8. The highest BCUT2D eigenvalue weighted by molar-refractivity contribution is 8.01. The van der Waals surface area contributed by atoms with Crippen LogP contribution in [-0.2, 0) is 14.8 Å². The monoisotopic (exact) mass is 489 g/mol. The molecule has 1 atom stereocenters. The molecule has 0 saturated heterocycles. The second-order valence-corrected chi connectivity index (χ2v) is 10.5. The zero-order valence-corrected chi connectivity index (χ0v) is 19.8. The lowest BCUT2D eigenvalue weighted by molar-refractivity contribution is -0.384. The van der Waals surface area contributed by atoms with Crippen molar-refractivity contribution in [3.05, 3.63) is 28.3 Å². The Morgan fingerprint density at radius 2 is 2.10 bits per heavy atom. The van der Waals surface area contributed by atoms with Crippen molar-refractivity contribution in [3.8, 4) is 5.75 Å². The largest absolute Gasteiger partial charge is 0.495 e. The number of ether oxygens (including phenoxy) is 1. The molecule has 170 valence electrons. The molecule has 0 aliphatic heterocycles. The van der Waals surface area contributed by atoms with Gasteiger partial charge in [0.2, 0.25) is 21.1 Å². The summed E-state index contributed by atoms with van der Waals surface area (Å²) in [6, 6.07) is 2.36. The third-order valence-corrected chi connectivity index (χ3v) is 7.35. The Bertz CT molecular complexity index is 1040. The molecule has 0 saturated carbocycles. The Kier molecular flexibility index (Phi) is 8.59. The number of non-ortho nitro benzene ring substituents is 1. The predicted octanol–water partition coefficient (Wildman–Crippen LogP) is 3.14. The molecule has 1 amide bonds. The second kappa shape index (κ2) is 10.7. The minimum Gasteiger partial charge on any atom is -0.495 e. The zero-order valence-electron chi connectivity index (χ0n) is 17.4. The molecule has 1 N–H and O–H groups in total. The van der Waals surface area contributed by atoms with E-state index in [2.05, 4.69) is 15.5 Å². The Morgan fingerprint density at radius 1 is 1.39 bits per heavy atom. The summed E-state index contributed by atoms with van der Waals surface area (Å²) in [6.45, 7) is 3.67. The second-order valence-electron chi connectivity index (χ2n) is 6.31. The number of sulfonamides is 1. The molecule has 14 heteroatoms. The molecule has 1 heterocycles. The highest BCUT2D eigenvalue weighted by Gasteiger charge is 2.35. The van der Waals surface area contributed by atoms with Gasteiger partial charge in [-0.05, 0) is 18.9 Å². The molecule has 11 nitrogen and oxygen atoms in total. The van der Waals surface area contributed by atoms with Gasteiger partial charge in [-0.3, -0.25) is 24.5 Å². The van der Waals surface area contributed by atoms with E-state index in [-0.39, 0.29) is 28.7 Å². The summed E-state index contributed by atoms with van der Waals surface area (Å²) in [5, 5.41) is 22.0. The predicted molar refractivity (Wildman–Crippen MR) is 121 cm³/mol. The number of thioether (sulfide) groups is 1. The maximum absolute atomic E-state index is 13.0. The van der Waals surface area contributed by atoms with Crippen molar-refractivity contribution in [2.45, 2.75) is 37.1 Å². The van der Waals surface area contributed by atoms with Gasteiger partial charge in [0, 0.05) is 17.9 Å². The molecule has 2 rings (SSSR count). The van der Waals surface area contributed by atoms with Crippen LogP contribution in [0.2, 0.25) is 0 Å². The number of hydrogen-bond donors (Lipinski definition) is 1. The third-order valence-electron chi connectivity index (χ3n) is 4.01. The summed E-state index contributed by atoms with van der Waals surface area (Å²) in [5.74, 6) is 0.301. The standard InChI is InChI=1S/C17H23N5O6S3/c1-5-9-29-17-20-19-16(30-17)18-15(23)12(6-2)21(31(4,26)27)13-10-11(22(24)25)7-8-14(13)28-3/h7-8,10,12H,5-6,9H2,1-4H3,(H,18,19,23)/t12-/m0/s1. The number of nitro groups is 1. The number of nitro benzene ring substituents is 1. The summed E-state index contributed by atoms with van der Waals surface area (Å²) in [6.07, 6.45) is 1.98. The Hall–Kier alpha value is -2.45. The number of nitrogens with zero attached hydrogens (tertiary/aromatic N) is 4. The molecule has 0 spiro atoms. The van der Waals surface area contributed by atoms with Crippen molar-refractivity contribution >= 4 is 55.5 Å². The lowest BCUT2D eigenvalue weighted by Crippen LogP contribution is -2.47. The summed E-state index contributed by atoms with van der Waals surface area (Å²) >= 11 is 2.69. The van der Waals surface area contributed by atoms with Gasteiger partial charge in [0.05, 0.1) is 18.3 Å². The average Bonchev–Trinajstić information content (AvgIpc) is 3.15. The van der Waals surface area contributed by atoms with E-state index in [4.69, 9.17) is 4.74 Å². The molecular weight excluding hydrogens is 466 g/mol. The summed E-state index contributed by atoms with van der Waals surface area (Å²) in [7, 11) is -2.71. The summed E-state index contributed by atoms with van der Waals surface area (Å²) < 4.78 is 32.0. The molecule has 2 aromatic rings. The van der Waals surface area contributed by atoms with Gasteiger partial charge in [-0.25, -0.2) is 8.42 Å². The third kappa shape index (κ3) is 6.27. The number of hydrogen-bond acceptors (Lipinski definition) is 10. The van der Waals surface area contributed by atoms with Crippen molar-refractivity contribution in [3.63, 3.8) is 0 Å². The normalized spacial score (nSPS) is 12.3. The fourth-order valence-electron chi connectivity index (χ4n) is 2.70. The average molecular weight is 490 g/mol. The van der Waals surface area contributed by atoms with E-state index in [1.165, 1.54) is 42.3 Å². The number of carbonyl (C=O) groups is 1. The van der Waals surface area contributed by atoms with Crippen LogP contribution >= 0.6 is 23.1 Å². The number of aromatic nitrogens is 2. The lowest BCUT2D eigenvalue weighted by atomic mass is 10.1. The minimum absolute atomic E-state index is 0.0800. The van der Waals surface area contributed by atoms with E-state index in [9.17, 15) is 23.3 Å². The van der Waals surface area contributed by atoms with Gasteiger partial charge in [-0.2, -0.15) is 0 Å². The Balaban J connectivity index is 2.42. The molecule has 0 aliphatic carbocycles. The van der Waals surface area contributed by atoms with Crippen molar-refractivity contribution in [2.24, 2.45) is 0 Å². The molecule has 31 heavy (non-hydrogen) atoms. The number of carbonyl (C=O) groups excluding carboxylic acids is 1. The molecule has 0 unspecified atom stereocenters. The first-order valence-corrected chi connectivity index (χ1v) is 12.9. The summed E-state index contributed by atoms with van der Waals surface area (Å²) in [4.78, 5) is 23.6. The number of nitrogens with one attached hydrogen (secondary N) is 1. The SMILES string of the molecule is CCCSc1nnc(NC(=O)[C@H](CC)N(c2cc([N+](=O)[O-])ccc2OC)S(C)(=O)=O)s1. The van der Waals surface area contributed by atoms with Crippen molar-refractivity contribution < 1.29 is 22.9 Å². The molecule has 0 radical (unpaired) electrons. The first-order chi connectivity index (χ1) is 14.6. The molecule has 1 aromatic carbocycles. The van der Waals surface area contributed by atoms with Crippen LogP contribution in [-0.4, -0.2) is 54.6 Å². The smallest absolute Gasteiger partial charge is 0.271 e. The lowest BCUT2D eigenvalue weighted by Gasteiger charge is -2.30. The number of benzene rings is 1. The van der Waals surface area contributed by atoms with E-state index in [1.807, 2.05) is 6.92 Å². The highest BCUT2D eigenvalue weighted by atomic mass is 32.2. The number of amides is 1. The van der Waals surface area contributed by atoms with Crippen LogP contribution in [0, 0.1) is 10.1 Å². The molecule has 0 aliphatic rings. The van der Waals surface area contributed by atoms with Crippen LogP contribution in [0.25, 0.3) is 0 Å². The molecule has 0 bridgehead atoms. The van der Waals surface area contributed by atoms with Crippen LogP contribution in [0.3, 0.4) is 0 Å². The summed E-state index contributed by atoms with van der Waals surface area (Å²) in [5.41, 5.74) is -0.431. The van der Waals surface area contributed by atoms with E-state index in [0.29, 0.717) is 4.34 Å². The van der Waals surface area contributed by atoms with Crippen molar-refractivity contribution in [1.29, 1.82) is 0 Å². The molecule has 1 aromatic heterocycles. The van der Waals surface area contributed by atoms with Gasteiger partial charge in [0.15, 0.2) is 4.34 Å². The van der Waals surface area contributed by atoms with Gasteiger partial charge in [0.25, 0.3) is 5.69 Å². The number of rotatable bonds is 11. The van der Waals surface area contributed by atoms with Crippen LogP contribution in [0.5, 0.6) is 5.75 Å². The van der Waals surface area contributed by atoms with Gasteiger partial charge in [0.1, 0.15) is 17.5 Å². The van der Waals surface area contributed by atoms with E-state index in [0.717, 1.165) is 28.8 Å².